The highest BCUT2D eigenvalue weighted by Gasteiger charge is 2.50. The maximum absolute atomic E-state index is 11.0. The molecular weight excluding hydrogens is 416 g/mol. The van der Waals surface area contributed by atoms with E-state index in [9.17, 15) is 10.2 Å². The van der Waals surface area contributed by atoms with Gasteiger partial charge in [0.1, 0.15) is 23.6 Å². The average molecular weight is 443 g/mol. The average Bonchev–Trinajstić information content (AvgIpc) is 3.33. The van der Waals surface area contributed by atoms with Crippen LogP contribution in [0.4, 0.5) is 11.5 Å². The van der Waals surface area contributed by atoms with Gasteiger partial charge < -0.3 is 26.2 Å². The van der Waals surface area contributed by atoms with E-state index in [0.717, 1.165) is 21.9 Å². The lowest BCUT2D eigenvalue weighted by Crippen LogP contribution is -2.35. The molecule has 1 aliphatic rings. The van der Waals surface area contributed by atoms with Crippen molar-refractivity contribution in [1.29, 1.82) is 5.26 Å². The van der Waals surface area contributed by atoms with Crippen molar-refractivity contribution in [2.45, 2.75) is 44.4 Å². The Bertz CT molecular complexity index is 1410. The number of aliphatic hydroxyl groups excluding tert-OH is 2. The van der Waals surface area contributed by atoms with Gasteiger partial charge in [0.15, 0.2) is 0 Å². The first-order valence-corrected chi connectivity index (χ1v) is 11.0. The molecule has 1 aromatic carbocycles. The van der Waals surface area contributed by atoms with Crippen LogP contribution < -0.4 is 11.5 Å². The highest BCUT2D eigenvalue weighted by Crippen LogP contribution is 2.48. The molecule has 0 aliphatic heterocycles. The molecule has 0 spiro atoms. The number of pyridine rings is 2. The summed E-state index contributed by atoms with van der Waals surface area (Å²) in [5, 5.41) is 32.8. The van der Waals surface area contributed by atoms with Crippen molar-refractivity contribution in [3.8, 4) is 6.07 Å². The minimum atomic E-state index is -0.906. The van der Waals surface area contributed by atoms with Crippen LogP contribution in [0.25, 0.3) is 21.9 Å². The van der Waals surface area contributed by atoms with Gasteiger partial charge in [-0.1, -0.05) is 19.1 Å². The number of nitrogens with zero attached hydrogens (tertiary/aromatic N) is 4. The molecule has 8 nitrogen and oxygen atoms in total. The first-order valence-electron chi connectivity index (χ1n) is 11.0. The predicted octanol–water partition coefficient (Wildman–Crippen LogP) is 2.93. The fourth-order valence-electron chi connectivity index (χ4n) is 5.10. The number of aliphatic hydroxyl groups is 2. The van der Waals surface area contributed by atoms with Crippen LogP contribution in [0.1, 0.15) is 36.9 Å². The van der Waals surface area contributed by atoms with Gasteiger partial charge in [-0.2, -0.15) is 5.26 Å². The van der Waals surface area contributed by atoms with E-state index in [1.165, 1.54) is 0 Å². The zero-order valence-electron chi connectivity index (χ0n) is 18.3. The Labute approximate surface area is 191 Å². The van der Waals surface area contributed by atoms with Crippen molar-refractivity contribution in [3.05, 3.63) is 59.9 Å². The van der Waals surface area contributed by atoms with Crippen LogP contribution >= 0.6 is 0 Å². The lowest BCUT2D eigenvalue weighted by atomic mass is 9.80. The Morgan fingerprint density at radius 3 is 2.82 bits per heavy atom. The van der Waals surface area contributed by atoms with E-state index in [1.54, 1.807) is 18.3 Å². The van der Waals surface area contributed by atoms with E-state index in [-0.39, 0.29) is 11.9 Å². The fraction of sp³-hybridized carbons (Fsp3) is 0.320. The minimum Gasteiger partial charge on any atom is -0.398 e. The number of aryl methyl sites for hydroxylation is 1. The topological polar surface area (TPSA) is 147 Å². The summed E-state index contributed by atoms with van der Waals surface area (Å²) in [6.45, 7) is 2.02. The van der Waals surface area contributed by atoms with E-state index in [4.69, 9.17) is 16.7 Å². The van der Waals surface area contributed by atoms with Crippen LogP contribution in [0.15, 0.2) is 48.8 Å². The van der Waals surface area contributed by atoms with Crippen molar-refractivity contribution < 1.29 is 10.2 Å². The van der Waals surface area contributed by atoms with Crippen LogP contribution in [0.2, 0.25) is 0 Å². The predicted molar refractivity (Wildman–Crippen MR) is 127 cm³/mol. The summed E-state index contributed by atoms with van der Waals surface area (Å²) in [7, 11) is 0. The summed E-state index contributed by atoms with van der Waals surface area (Å²) in [6.07, 6.45) is 3.78. The molecule has 4 atom stereocenters. The number of nitrogens with two attached hydrogens (primary N) is 2. The van der Waals surface area contributed by atoms with Gasteiger partial charge in [-0.05, 0) is 54.5 Å². The van der Waals surface area contributed by atoms with Gasteiger partial charge in [0, 0.05) is 28.9 Å². The molecule has 33 heavy (non-hydrogen) atoms. The minimum absolute atomic E-state index is 0.222. The van der Waals surface area contributed by atoms with Crippen LogP contribution in [0.5, 0.6) is 0 Å². The van der Waals surface area contributed by atoms with Gasteiger partial charge in [-0.15, -0.1) is 0 Å². The van der Waals surface area contributed by atoms with Crippen LogP contribution in [-0.4, -0.2) is 37.0 Å². The van der Waals surface area contributed by atoms with Crippen molar-refractivity contribution in [3.63, 3.8) is 0 Å². The van der Waals surface area contributed by atoms with E-state index < -0.39 is 17.6 Å². The molecule has 168 valence electrons. The third-order valence-corrected chi connectivity index (χ3v) is 7.13. The second kappa shape index (κ2) is 7.73. The number of nitriles is 1. The van der Waals surface area contributed by atoms with E-state index in [1.807, 2.05) is 42.0 Å². The summed E-state index contributed by atoms with van der Waals surface area (Å²) in [5.41, 5.74) is 15.0. The Balaban J connectivity index is 1.38. The van der Waals surface area contributed by atoms with Crippen molar-refractivity contribution >= 4 is 33.4 Å². The van der Waals surface area contributed by atoms with Crippen LogP contribution in [-0.2, 0) is 6.42 Å². The molecule has 6 N–H and O–H groups in total. The molecule has 5 rings (SSSR count). The Hall–Kier alpha value is -3.67. The number of anilines is 2. The Morgan fingerprint density at radius 2 is 2.03 bits per heavy atom. The van der Waals surface area contributed by atoms with Crippen molar-refractivity contribution in [2.75, 3.05) is 11.5 Å². The Morgan fingerprint density at radius 1 is 1.21 bits per heavy atom. The van der Waals surface area contributed by atoms with E-state index >= 15 is 0 Å². The molecular formula is C25H26N6O2. The molecule has 0 saturated heterocycles. The Kier molecular flexibility index (Phi) is 4.96. The number of fused-ring (bicyclic) bond motifs is 2. The number of hydrogen-bond donors (Lipinski definition) is 4. The maximum Gasteiger partial charge on any atom is 0.142 e. The summed E-state index contributed by atoms with van der Waals surface area (Å²) >= 11 is 0. The summed E-state index contributed by atoms with van der Waals surface area (Å²) in [4.78, 5) is 8.81. The highest BCUT2D eigenvalue weighted by molar-refractivity contribution is 5.88. The van der Waals surface area contributed by atoms with Crippen molar-refractivity contribution in [1.82, 2.24) is 14.5 Å². The largest absolute Gasteiger partial charge is 0.398 e. The normalized spacial score (nSPS) is 25.0. The number of aromatic nitrogens is 3. The second-order valence-electron chi connectivity index (χ2n) is 9.28. The zero-order valence-corrected chi connectivity index (χ0v) is 18.3. The van der Waals surface area contributed by atoms with Crippen molar-refractivity contribution in [2.24, 2.45) is 5.41 Å². The zero-order chi connectivity index (χ0) is 23.3. The maximum atomic E-state index is 11.0. The summed E-state index contributed by atoms with van der Waals surface area (Å²) in [5.74, 6) is 0.222. The third-order valence-electron chi connectivity index (χ3n) is 7.13. The third kappa shape index (κ3) is 3.46. The number of benzene rings is 1. The van der Waals surface area contributed by atoms with Gasteiger partial charge in [-0.25, -0.2) is 9.97 Å². The SMILES string of the molecule is C[C@]1(CCc2ccc3cc(C#N)c(N)nc3c2)C[C@@H](n2ccc3c(N)ccnc32)[C@H](O)[C@@H]1O. The first-order chi connectivity index (χ1) is 15.8. The van der Waals surface area contributed by atoms with Gasteiger partial charge >= 0.3 is 0 Å². The molecule has 0 unspecified atom stereocenters. The molecule has 1 saturated carbocycles. The molecule has 4 aromatic rings. The van der Waals surface area contributed by atoms with Gasteiger partial charge in [-0.3, -0.25) is 0 Å². The van der Waals surface area contributed by atoms with E-state index in [0.29, 0.717) is 36.2 Å². The monoisotopic (exact) mass is 442 g/mol. The van der Waals surface area contributed by atoms with Gasteiger partial charge in [0.2, 0.25) is 0 Å². The molecule has 3 aromatic heterocycles. The first kappa shape index (κ1) is 21.2. The molecule has 1 fully saturated rings. The lowest BCUT2D eigenvalue weighted by Gasteiger charge is -2.28. The van der Waals surface area contributed by atoms with Crippen LogP contribution in [0, 0.1) is 16.7 Å². The summed E-state index contributed by atoms with van der Waals surface area (Å²) < 4.78 is 1.93. The standard InChI is InChI=1S/C25H26N6O2/c1-25(7-4-14-2-3-15-11-16(13-26)23(28)30-19(15)10-14)12-20(21(32)22(25)33)31-9-6-17-18(27)5-8-29-24(17)31/h2-3,5-6,8-11,20-22,32-33H,4,7,12H2,1H3,(H2,27,29)(H2,28,30)/t20-,21+,22+,25+/m1/s1. The summed E-state index contributed by atoms with van der Waals surface area (Å²) in [6, 6.07) is 13.1. The smallest absolute Gasteiger partial charge is 0.142 e. The van der Waals surface area contributed by atoms with Gasteiger partial charge in [0.05, 0.1) is 23.2 Å². The molecule has 1 aliphatic carbocycles. The quantitative estimate of drug-likeness (QED) is 0.380. The second-order valence-corrected chi connectivity index (χ2v) is 9.28. The van der Waals surface area contributed by atoms with Crippen LogP contribution in [0.3, 0.4) is 0 Å². The fourth-order valence-corrected chi connectivity index (χ4v) is 5.10. The molecule has 0 radical (unpaired) electrons. The molecule has 8 heteroatoms. The number of hydrogen-bond acceptors (Lipinski definition) is 7. The highest BCUT2D eigenvalue weighted by atomic mass is 16.3. The molecule has 0 bridgehead atoms. The molecule has 0 amide bonds. The molecule has 3 heterocycles. The van der Waals surface area contributed by atoms with E-state index in [2.05, 4.69) is 16.0 Å². The lowest BCUT2D eigenvalue weighted by molar-refractivity contribution is -0.0241. The number of nitrogen functional groups attached to an aromatic ring is 2. The van der Waals surface area contributed by atoms with Gasteiger partial charge in [0.25, 0.3) is 0 Å². The number of rotatable bonds is 4.